The number of thioether (sulfide) groups is 1. The first kappa shape index (κ1) is 16.2. The van der Waals surface area contributed by atoms with Crippen LogP contribution in [0.3, 0.4) is 0 Å². The molecule has 0 aliphatic rings. The first-order valence-corrected chi connectivity index (χ1v) is 9.30. The third-order valence-corrected chi connectivity index (χ3v) is 4.85. The number of hydrogen-bond acceptors (Lipinski definition) is 4. The Bertz CT molecular complexity index is 1110. The highest BCUT2D eigenvalue weighted by Gasteiger charge is 2.08. The Morgan fingerprint density at radius 1 is 1.15 bits per heavy atom. The first-order chi connectivity index (χ1) is 12.8. The van der Waals surface area contributed by atoms with Gasteiger partial charge in [-0.3, -0.25) is 5.43 Å². The second kappa shape index (κ2) is 6.95. The summed E-state index contributed by atoms with van der Waals surface area (Å²) >= 11 is 1.65. The van der Waals surface area contributed by atoms with Crippen molar-refractivity contribution in [3.63, 3.8) is 0 Å². The molecule has 0 unspecified atom stereocenters. The van der Waals surface area contributed by atoms with Crippen LogP contribution in [0.15, 0.2) is 71.9 Å². The lowest BCUT2D eigenvalue weighted by Gasteiger charge is -2.12. The molecule has 0 amide bonds. The second-order valence-electron chi connectivity index (χ2n) is 5.73. The zero-order valence-electron chi connectivity index (χ0n) is 14.1. The summed E-state index contributed by atoms with van der Waals surface area (Å²) in [7, 11) is 0. The van der Waals surface area contributed by atoms with Gasteiger partial charge < -0.3 is 0 Å². The summed E-state index contributed by atoms with van der Waals surface area (Å²) < 4.78 is 1.88. The summed E-state index contributed by atoms with van der Waals surface area (Å²) in [5, 5.41) is 9.47. The number of nitrogens with zero attached hydrogens (tertiary/aromatic N) is 3. The van der Waals surface area contributed by atoms with Crippen molar-refractivity contribution in [3.05, 3.63) is 78.6 Å². The van der Waals surface area contributed by atoms with Crippen molar-refractivity contribution < 1.29 is 0 Å². The van der Waals surface area contributed by atoms with Crippen molar-refractivity contribution in [2.45, 2.75) is 4.90 Å². The lowest BCUT2D eigenvalue weighted by Crippen LogP contribution is -2.07. The number of nitriles is 1. The van der Waals surface area contributed by atoms with E-state index in [1.165, 1.54) is 0 Å². The molecule has 4 rings (SSSR count). The number of nitrogens with one attached hydrogen (secondary N) is 1. The highest BCUT2D eigenvalue weighted by atomic mass is 32.2. The van der Waals surface area contributed by atoms with Crippen LogP contribution in [0.1, 0.15) is 5.56 Å². The third-order valence-electron chi connectivity index (χ3n) is 4.16. The quantitative estimate of drug-likeness (QED) is 0.525. The van der Waals surface area contributed by atoms with Crippen LogP contribution in [0.2, 0.25) is 0 Å². The van der Waals surface area contributed by atoms with E-state index < -0.39 is 0 Å². The monoisotopic (exact) mass is 355 g/mol. The molecule has 125 valence electrons. The number of imidazole rings is 1. The van der Waals surface area contributed by atoms with Gasteiger partial charge in [-0.1, -0.05) is 18.2 Å². The third kappa shape index (κ3) is 3.03. The van der Waals surface area contributed by atoms with Crippen LogP contribution < -0.4 is 5.43 Å². The fourth-order valence-corrected chi connectivity index (χ4v) is 3.22. The minimum atomic E-state index is 0.636. The van der Waals surface area contributed by atoms with E-state index in [2.05, 4.69) is 22.5 Å². The summed E-state index contributed by atoms with van der Waals surface area (Å²) in [6.07, 6.45) is 3.77. The molecule has 0 saturated carbocycles. The molecule has 0 atom stereocenters. The molecule has 1 radical (unpaired) electrons. The van der Waals surface area contributed by atoms with E-state index in [0.717, 1.165) is 32.7 Å². The van der Waals surface area contributed by atoms with E-state index in [1.807, 2.05) is 71.6 Å². The summed E-state index contributed by atoms with van der Waals surface area (Å²) in [6, 6.07) is 25.1. The summed E-state index contributed by atoms with van der Waals surface area (Å²) in [6.45, 7) is 0. The highest BCUT2D eigenvalue weighted by molar-refractivity contribution is 7.98. The molecule has 5 heteroatoms. The topological polar surface area (TPSA) is 53.6 Å². The lowest BCUT2D eigenvalue weighted by molar-refractivity contribution is 0.989. The molecule has 4 nitrogen and oxygen atoms in total. The van der Waals surface area contributed by atoms with E-state index in [-0.39, 0.29) is 0 Å². The van der Waals surface area contributed by atoms with Crippen LogP contribution in [0, 0.1) is 17.4 Å². The zero-order valence-corrected chi connectivity index (χ0v) is 14.9. The van der Waals surface area contributed by atoms with Crippen molar-refractivity contribution in [3.8, 4) is 17.2 Å². The molecule has 0 aliphatic carbocycles. The van der Waals surface area contributed by atoms with Crippen LogP contribution >= 0.6 is 11.8 Å². The van der Waals surface area contributed by atoms with Crippen molar-refractivity contribution in [2.24, 2.45) is 0 Å². The van der Waals surface area contributed by atoms with Crippen LogP contribution in [-0.4, -0.2) is 15.9 Å². The lowest BCUT2D eigenvalue weighted by atomic mass is 10.00. The smallest absolute Gasteiger partial charge is 0.116 e. The SMILES string of the molecule is CSc1[c]cc(-c2cc(Nn3cnc4ccccc43)ccc2C#N)cc1. The van der Waals surface area contributed by atoms with Gasteiger partial charge in [-0.15, -0.1) is 11.8 Å². The number of rotatable bonds is 4. The predicted molar refractivity (Wildman–Crippen MR) is 106 cm³/mol. The molecule has 0 fully saturated rings. The van der Waals surface area contributed by atoms with Gasteiger partial charge in [0.1, 0.15) is 6.33 Å². The largest absolute Gasteiger partial charge is 0.293 e. The number of benzene rings is 3. The van der Waals surface area contributed by atoms with E-state index in [1.54, 1.807) is 18.1 Å². The van der Waals surface area contributed by atoms with Crippen LogP contribution in [-0.2, 0) is 0 Å². The molecule has 4 aromatic rings. The average molecular weight is 355 g/mol. The Labute approximate surface area is 156 Å². The number of anilines is 1. The Morgan fingerprint density at radius 3 is 2.81 bits per heavy atom. The Hall–Kier alpha value is -3.23. The molecule has 0 aliphatic heterocycles. The van der Waals surface area contributed by atoms with Gasteiger partial charge >= 0.3 is 0 Å². The average Bonchev–Trinajstić information content (AvgIpc) is 3.11. The standard InChI is InChI=1S/C21H15N4S/c1-26-18-10-7-15(8-11-18)19-12-17(9-6-16(19)13-22)24-25-14-23-20-4-2-3-5-21(20)25/h2-10,12,14,24H,1H3. The maximum absolute atomic E-state index is 9.47. The molecule has 0 bridgehead atoms. The number of hydrogen-bond donors (Lipinski definition) is 1. The maximum atomic E-state index is 9.47. The molecule has 1 aromatic heterocycles. The van der Waals surface area contributed by atoms with Crippen molar-refractivity contribution >= 4 is 28.5 Å². The van der Waals surface area contributed by atoms with Gasteiger partial charge in [-0.25, -0.2) is 9.66 Å². The Morgan fingerprint density at radius 2 is 2.04 bits per heavy atom. The minimum Gasteiger partial charge on any atom is -0.293 e. The molecule has 3 aromatic carbocycles. The molecule has 0 saturated heterocycles. The van der Waals surface area contributed by atoms with Gasteiger partial charge in [-0.05, 0) is 60.4 Å². The van der Waals surface area contributed by atoms with Gasteiger partial charge in [0, 0.05) is 10.5 Å². The molecular weight excluding hydrogens is 340 g/mol. The normalized spacial score (nSPS) is 10.6. The van der Waals surface area contributed by atoms with Gasteiger partial charge in [0.05, 0.1) is 28.4 Å². The number of fused-ring (bicyclic) bond motifs is 1. The molecule has 1 heterocycles. The molecular formula is C21H15N4S. The summed E-state index contributed by atoms with van der Waals surface area (Å²) in [5.41, 5.74) is 8.64. The second-order valence-corrected chi connectivity index (χ2v) is 6.58. The van der Waals surface area contributed by atoms with Crippen molar-refractivity contribution in [1.82, 2.24) is 9.66 Å². The summed E-state index contributed by atoms with van der Waals surface area (Å²) in [5.74, 6) is 0. The van der Waals surface area contributed by atoms with E-state index in [0.29, 0.717) is 5.56 Å². The van der Waals surface area contributed by atoms with Gasteiger partial charge in [0.2, 0.25) is 0 Å². The molecule has 26 heavy (non-hydrogen) atoms. The van der Waals surface area contributed by atoms with Gasteiger partial charge in [0.25, 0.3) is 0 Å². The van der Waals surface area contributed by atoms with Crippen molar-refractivity contribution in [1.29, 1.82) is 5.26 Å². The molecule has 0 spiro atoms. The van der Waals surface area contributed by atoms with E-state index in [9.17, 15) is 5.26 Å². The fraction of sp³-hybridized carbons (Fsp3) is 0.0476. The van der Waals surface area contributed by atoms with Crippen LogP contribution in [0.25, 0.3) is 22.2 Å². The van der Waals surface area contributed by atoms with E-state index >= 15 is 0 Å². The number of aromatic nitrogens is 2. The maximum Gasteiger partial charge on any atom is 0.116 e. The van der Waals surface area contributed by atoms with E-state index in [4.69, 9.17) is 0 Å². The van der Waals surface area contributed by atoms with Gasteiger partial charge in [-0.2, -0.15) is 5.26 Å². The fourth-order valence-electron chi connectivity index (χ4n) is 2.84. The van der Waals surface area contributed by atoms with Crippen molar-refractivity contribution in [2.75, 3.05) is 11.7 Å². The van der Waals surface area contributed by atoms with Crippen LogP contribution in [0.5, 0.6) is 0 Å². The van der Waals surface area contributed by atoms with Gasteiger partial charge in [0.15, 0.2) is 0 Å². The number of para-hydroxylation sites is 2. The Balaban J connectivity index is 1.73. The summed E-state index contributed by atoms with van der Waals surface area (Å²) in [4.78, 5) is 5.46. The minimum absolute atomic E-state index is 0.636. The highest BCUT2D eigenvalue weighted by Crippen LogP contribution is 2.28. The Kier molecular flexibility index (Phi) is 4.34. The zero-order chi connectivity index (χ0) is 17.9. The molecule has 1 N–H and O–H groups in total. The van der Waals surface area contributed by atoms with Crippen LogP contribution in [0.4, 0.5) is 5.69 Å². The first-order valence-electron chi connectivity index (χ1n) is 8.08. The predicted octanol–water partition coefficient (Wildman–Crippen LogP) is 4.97.